The van der Waals surface area contributed by atoms with Gasteiger partial charge in [-0.05, 0) is 58.5 Å². The number of carbonyl (C=O) groups is 2. The van der Waals surface area contributed by atoms with Crippen LogP contribution in [0, 0.1) is 0 Å². The van der Waals surface area contributed by atoms with Gasteiger partial charge in [-0.15, -0.1) is 5.10 Å². The van der Waals surface area contributed by atoms with Gasteiger partial charge in [-0.3, -0.25) is 15.1 Å². The number of ether oxygens (including phenoxy) is 1. The molecule has 2 aromatic heterocycles. The van der Waals surface area contributed by atoms with E-state index in [9.17, 15) is 9.59 Å². The maximum absolute atomic E-state index is 13.4. The highest BCUT2D eigenvalue weighted by molar-refractivity contribution is 5.95. The van der Waals surface area contributed by atoms with Crippen molar-refractivity contribution in [1.82, 2.24) is 30.5 Å². The number of anilines is 1. The molecule has 1 aliphatic rings. The summed E-state index contributed by atoms with van der Waals surface area (Å²) in [5.41, 5.74) is 4.49. The fourth-order valence-electron chi connectivity index (χ4n) is 5.92. The predicted octanol–water partition coefficient (Wildman–Crippen LogP) is 5.25. The van der Waals surface area contributed by atoms with Gasteiger partial charge in [0.05, 0.1) is 12.6 Å². The molecule has 5 aromatic rings. The van der Waals surface area contributed by atoms with E-state index in [1.54, 1.807) is 6.20 Å². The lowest BCUT2D eigenvalue weighted by atomic mass is 9.98. The van der Waals surface area contributed by atoms with Gasteiger partial charge in [-0.2, -0.15) is 4.68 Å². The molecule has 10 heteroatoms. The number of esters is 1. The molecule has 1 fully saturated rings. The van der Waals surface area contributed by atoms with E-state index in [-0.39, 0.29) is 11.9 Å². The minimum absolute atomic E-state index is 0.140. The third kappa shape index (κ3) is 5.25. The van der Waals surface area contributed by atoms with Crippen molar-refractivity contribution in [1.29, 1.82) is 0 Å². The van der Waals surface area contributed by atoms with Gasteiger partial charge < -0.3 is 9.64 Å². The second-order valence-corrected chi connectivity index (χ2v) is 10.6. The first-order valence-electron chi connectivity index (χ1n) is 14.5. The molecule has 1 unspecified atom stereocenters. The van der Waals surface area contributed by atoms with Gasteiger partial charge in [0.1, 0.15) is 0 Å². The Morgan fingerprint density at radius 3 is 2.53 bits per heavy atom. The number of rotatable bonds is 9. The predicted molar refractivity (Wildman–Crippen MR) is 164 cm³/mol. The molecule has 43 heavy (non-hydrogen) atoms. The van der Waals surface area contributed by atoms with Crippen molar-refractivity contribution < 1.29 is 14.3 Å². The molecular weight excluding hydrogens is 542 g/mol. The average molecular weight is 576 g/mol. The van der Waals surface area contributed by atoms with Crippen LogP contribution in [0.5, 0.6) is 0 Å². The van der Waals surface area contributed by atoms with Gasteiger partial charge in [0.25, 0.3) is 0 Å². The van der Waals surface area contributed by atoms with Crippen molar-refractivity contribution in [2.75, 3.05) is 18.6 Å². The smallest absolute Gasteiger partial charge is 0.347 e. The number of pyridine rings is 1. The third-order valence-corrected chi connectivity index (χ3v) is 8.01. The molecular formula is C33H33N7O3. The average Bonchev–Trinajstić information content (AvgIpc) is 3.72. The van der Waals surface area contributed by atoms with Crippen molar-refractivity contribution in [2.24, 2.45) is 0 Å². The van der Waals surface area contributed by atoms with Gasteiger partial charge in [-0.1, -0.05) is 73.7 Å². The highest BCUT2D eigenvalue weighted by Crippen LogP contribution is 2.37. The van der Waals surface area contributed by atoms with Crippen LogP contribution in [-0.2, 0) is 16.1 Å². The van der Waals surface area contributed by atoms with Crippen LogP contribution in [0.4, 0.5) is 5.69 Å². The first-order chi connectivity index (χ1) is 21.1. The standard InChI is InChI=1S/C33H33N7O3/c1-3-9-30(41)40-31(36-37-38-40)26-11-5-4-10-25(26)24-16-14-23(15-17-24)22-35-33(32(42)43-2)19-8-21-39(33)29-18-20-34-28-13-7-6-12-27(28)29/h4-7,10-18,20,35H,3,8-9,19,21-22H2,1-2H3. The van der Waals surface area contributed by atoms with Gasteiger partial charge in [0, 0.05) is 42.3 Å². The number of benzene rings is 3. The number of para-hydroxylation sites is 1. The first-order valence-corrected chi connectivity index (χ1v) is 14.5. The van der Waals surface area contributed by atoms with Crippen LogP contribution >= 0.6 is 0 Å². The topological polar surface area (TPSA) is 115 Å². The molecule has 3 aromatic carbocycles. The Balaban J connectivity index is 1.27. The van der Waals surface area contributed by atoms with E-state index in [4.69, 9.17) is 4.74 Å². The molecule has 3 heterocycles. The number of fused-ring (bicyclic) bond motifs is 1. The summed E-state index contributed by atoms with van der Waals surface area (Å²) in [6, 6.07) is 25.8. The fourth-order valence-corrected chi connectivity index (χ4v) is 5.92. The van der Waals surface area contributed by atoms with E-state index in [0.29, 0.717) is 38.2 Å². The quantitative estimate of drug-likeness (QED) is 0.186. The van der Waals surface area contributed by atoms with Gasteiger partial charge >= 0.3 is 5.97 Å². The maximum Gasteiger partial charge on any atom is 0.347 e. The second-order valence-electron chi connectivity index (χ2n) is 10.6. The SMILES string of the molecule is CCCC(=O)n1nnnc1-c1ccccc1-c1ccc(CNC2(C(=O)OC)CCCN2c2ccnc3ccccc23)cc1. The Morgan fingerprint density at radius 1 is 0.977 bits per heavy atom. The Kier molecular flexibility index (Phi) is 7.93. The van der Waals surface area contributed by atoms with Crippen LogP contribution in [0.25, 0.3) is 33.4 Å². The van der Waals surface area contributed by atoms with E-state index < -0.39 is 5.66 Å². The number of methoxy groups -OCH3 is 1. The fraction of sp³-hybridized carbons (Fsp3) is 0.273. The zero-order chi connectivity index (χ0) is 29.8. The summed E-state index contributed by atoms with van der Waals surface area (Å²) in [6.45, 7) is 3.12. The molecule has 0 saturated carbocycles. The van der Waals surface area contributed by atoms with Crippen LogP contribution < -0.4 is 10.2 Å². The second kappa shape index (κ2) is 12.1. The lowest BCUT2D eigenvalue weighted by Crippen LogP contribution is -2.61. The van der Waals surface area contributed by atoms with Gasteiger partial charge in [-0.25, -0.2) is 4.79 Å². The van der Waals surface area contributed by atoms with Crippen LogP contribution in [-0.4, -0.2) is 56.4 Å². The van der Waals surface area contributed by atoms with Gasteiger partial charge in [0.15, 0.2) is 11.5 Å². The normalized spacial score (nSPS) is 16.5. The maximum atomic E-state index is 13.4. The van der Waals surface area contributed by atoms with Crippen molar-refractivity contribution in [2.45, 2.75) is 44.8 Å². The van der Waals surface area contributed by atoms with Crippen molar-refractivity contribution in [3.63, 3.8) is 0 Å². The van der Waals surface area contributed by atoms with Crippen LogP contribution in [0.3, 0.4) is 0 Å². The number of nitrogens with one attached hydrogen (secondary N) is 1. The van der Waals surface area contributed by atoms with Crippen molar-refractivity contribution >= 4 is 28.5 Å². The summed E-state index contributed by atoms with van der Waals surface area (Å²) < 4.78 is 6.64. The number of carbonyl (C=O) groups excluding carboxylic acids is 2. The summed E-state index contributed by atoms with van der Waals surface area (Å²) in [6.07, 6.45) is 4.32. The van der Waals surface area contributed by atoms with E-state index in [1.807, 2.05) is 85.8 Å². The number of nitrogens with zero attached hydrogens (tertiary/aromatic N) is 6. The van der Waals surface area contributed by atoms with Crippen molar-refractivity contribution in [3.8, 4) is 22.5 Å². The third-order valence-electron chi connectivity index (χ3n) is 8.01. The van der Waals surface area contributed by atoms with Crippen LogP contribution in [0.15, 0.2) is 85.1 Å². The van der Waals surface area contributed by atoms with Crippen molar-refractivity contribution in [3.05, 3.63) is 90.6 Å². The number of aromatic nitrogens is 5. The molecule has 218 valence electrons. The Labute approximate surface area is 249 Å². The Bertz CT molecular complexity index is 1760. The molecule has 1 N–H and O–H groups in total. The summed E-state index contributed by atoms with van der Waals surface area (Å²) in [4.78, 5) is 32.6. The first kappa shape index (κ1) is 28.2. The Hall–Kier alpha value is -4.96. The lowest BCUT2D eigenvalue weighted by molar-refractivity contribution is -0.148. The van der Waals surface area contributed by atoms with Crippen LogP contribution in [0.1, 0.15) is 43.0 Å². The molecule has 10 nitrogen and oxygen atoms in total. The summed E-state index contributed by atoms with van der Waals surface area (Å²) in [5, 5.41) is 16.4. The molecule has 0 aliphatic carbocycles. The zero-order valence-corrected chi connectivity index (χ0v) is 24.2. The molecule has 1 atom stereocenters. The summed E-state index contributed by atoms with van der Waals surface area (Å²) >= 11 is 0. The highest BCUT2D eigenvalue weighted by Gasteiger charge is 2.49. The Morgan fingerprint density at radius 2 is 1.74 bits per heavy atom. The molecule has 1 aliphatic heterocycles. The number of tetrazole rings is 1. The molecule has 6 rings (SSSR count). The van der Waals surface area contributed by atoms with E-state index in [0.717, 1.165) is 45.3 Å². The van der Waals surface area contributed by atoms with E-state index in [1.165, 1.54) is 11.8 Å². The lowest BCUT2D eigenvalue weighted by Gasteiger charge is -2.38. The number of hydrogen-bond donors (Lipinski definition) is 1. The molecule has 0 radical (unpaired) electrons. The molecule has 0 bridgehead atoms. The van der Waals surface area contributed by atoms with E-state index >= 15 is 0 Å². The van der Waals surface area contributed by atoms with Crippen LogP contribution in [0.2, 0.25) is 0 Å². The molecule has 0 spiro atoms. The highest BCUT2D eigenvalue weighted by atomic mass is 16.5. The monoisotopic (exact) mass is 575 g/mol. The molecule has 1 saturated heterocycles. The minimum atomic E-state index is -1.01. The summed E-state index contributed by atoms with van der Waals surface area (Å²) in [7, 11) is 1.44. The minimum Gasteiger partial charge on any atom is -0.466 e. The largest absolute Gasteiger partial charge is 0.466 e. The summed E-state index contributed by atoms with van der Waals surface area (Å²) in [5.74, 6) is -0.0319. The molecule has 0 amide bonds. The van der Waals surface area contributed by atoms with Gasteiger partial charge in [0.2, 0.25) is 5.91 Å². The zero-order valence-electron chi connectivity index (χ0n) is 24.2. The van der Waals surface area contributed by atoms with E-state index in [2.05, 4.69) is 30.7 Å². The number of hydrogen-bond acceptors (Lipinski definition) is 9.